The third kappa shape index (κ3) is 3.55. The summed E-state index contributed by atoms with van der Waals surface area (Å²) in [6.07, 6.45) is -0.691. The molecule has 7 nitrogen and oxygen atoms in total. The molecular formula is C15H18N2O5. The zero-order valence-corrected chi connectivity index (χ0v) is 12.4. The lowest BCUT2D eigenvalue weighted by atomic mass is 10.1. The minimum absolute atomic E-state index is 0.0171. The number of carbonyl (C=O) groups is 3. The second-order valence-electron chi connectivity index (χ2n) is 5.34. The third-order valence-electron chi connectivity index (χ3n) is 3.32. The molecule has 0 aromatic heterocycles. The number of aliphatic carboxylic acids is 1. The van der Waals surface area contributed by atoms with E-state index in [0.29, 0.717) is 17.0 Å². The monoisotopic (exact) mass is 306 g/mol. The van der Waals surface area contributed by atoms with Crippen molar-refractivity contribution in [1.29, 1.82) is 0 Å². The van der Waals surface area contributed by atoms with Crippen molar-refractivity contribution in [2.24, 2.45) is 5.92 Å². The molecular weight excluding hydrogens is 288 g/mol. The maximum absolute atomic E-state index is 12.2. The van der Waals surface area contributed by atoms with Crippen LogP contribution in [0.5, 0.6) is 5.75 Å². The molecule has 2 unspecified atom stereocenters. The van der Waals surface area contributed by atoms with E-state index < -0.39 is 12.1 Å². The topological polar surface area (TPSA) is 105 Å². The number of nitrogens with one attached hydrogen (secondary N) is 2. The lowest BCUT2D eigenvalue weighted by Crippen LogP contribution is -2.36. The van der Waals surface area contributed by atoms with Crippen molar-refractivity contribution in [2.45, 2.75) is 26.4 Å². The number of amides is 2. The van der Waals surface area contributed by atoms with Gasteiger partial charge in [-0.25, -0.2) is 0 Å². The normalized spacial score (nSPS) is 17.7. The smallest absolute Gasteiger partial charge is 0.303 e. The number of carboxylic acid groups (broad SMARTS) is 1. The van der Waals surface area contributed by atoms with Crippen LogP contribution in [0.4, 0.5) is 5.69 Å². The van der Waals surface area contributed by atoms with E-state index >= 15 is 0 Å². The molecule has 0 saturated heterocycles. The Morgan fingerprint density at radius 3 is 2.86 bits per heavy atom. The summed E-state index contributed by atoms with van der Waals surface area (Å²) in [7, 11) is 0. The van der Waals surface area contributed by atoms with Crippen LogP contribution in [-0.2, 0) is 9.59 Å². The van der Waals surface area contributed by atoms with Crippen LogP contribution >= 0.6 is 0 Å². The van der Waals surface area contributed by atoms with Crippen molar-refractivity contribution in [3.05, 3.63) is 23.8 Å². The van der Waals surface area contributed by atoms with Gasteiger partial charge in [-0.05, 0) is 25.0 Å². The van der Waals surface area contributed by atoms with Gasteiger partial charge in [0.05, 0.1) is 11.3 Å². The fourth-order valence-electron chi connectivity index (χ4n) is 2.14. The van der Waals surface area contributed by atoms with Crippen LogP contribution in [0.25, 0.3) is 0 Å². The molecule has 0 aliphatic carbocycles. The van der Waals surface area contributed by atoms with E-state index in [9.17, 15) is 14.4 Å². The number of carbonyl (C=O) groups excluding carboxylic acids is 2. The summed E-state index contributed by atoms with van der Waals surface area (Å²) >= 11 is 0. The molecule has 1 aliphatic heterocycles. The molecule has 7 heteroatoms. The van der Waals surface area contributed by atoms with Crippen LogP contribution in [0, 0.1) is 5.92 Å². The summed E-state index contributed by atoms with van der Waals surface area (Å²) in [5.74, 6) is -1.38. The van der Waals surface area contributed by atoms with Gasteiger partial charge in [-0.15, -0.1) is 0 Å². The standard InChI is InChI=1S/C15H18N2O5/c1-8(6-12(18)19)7-16-15(21)10-4-3-5-11-13(10)22-9(2)14(20)17-11/h3-5,8-9H,6-7H2,1-2H3,(H,16,21)(H,17,20)(H,18,19). The lowest BCUT2D eigenvalue weighted by Gasteiger charge is -2.25. The van der Waals surface area contributed by atoms with Crippen LogP contribution in [0.15, 0.2) is 18.2 Å². The molecule has 1 aromatic carbocycles. The summed E-state index contributed by atoms with van der Waals surface area (Å²) in [4.78, 5) is 34.4. The van der Waals surface area contributed by atoms with E-state index in [1.54, 1.807) is 32.0 Å². The van der Waals surface area contributed by atoms with Crippen LogP contribution < -0.4 is 15.4 Å². The Morgan fingerprint density at radius 1 is 1.45 bits per heavy atom. The molecule has 22 heavy (non-hydrogen) atoms. The first kappa shape index (κ1) is 15.8. The number of hydrogen-bond acceptors (Lipinski definition) is 4. The molecule has 2 amide bonds. The molecule has 0 radical (unpaired) electrons. The van der Waals surface area contributed by atoms with Gasteiger partial charge >= 0.3 is 5.97 Å². The van der Waals surface area contributed by atoms with E-state index in [-0.39, 0.29) is 30.7 Å². The lowest BCUT2D eigenvalue weighted by molar-refractivity contribution is -0.137. The highest BCUT2D eigenvalue weighted by Crippen LogP contribution is 2.33. The number of carboxylic acids is 1. The second-order valence-corrected chi connectivity index (χ2v) is 5.34. The van der Waals surface area contributed by atoms with Gasteiger partial charge in [-0.1, -0.05) is 13.0 Å². The summed E-state index contributed by atoms with van der Waals surface area (Å²) in [6, 6.07) is 4.90. The zero-order chi connectivity index (χ0) is 16.3. The van der Waals surface area contributed by atoms with E-state index in [1.807, 2.05) is 0 Å². The second kappa shape index (κ2) is 6.46. The summed E-state index contributed by atoms with van der Waals surface area (Å²) in [5, 5.41) is 14.1. The van der Waals surface area contributed by atoms with Gasteiger partial charge in [0.15, 0.2) is 11.9 Å². The van der Waals surface area contributed by atoms with Crippen molar-refractivity contribution < 1.29 is 24.2 Å². The molecule has 1 aliphatic rings. The first-order valence-electron chi connectivity index (χ1n) is 6.99. The minimum Gasteiger partial charge on any atom is -0.481 e. The Morgan fingerprint density at radius 2 is 2.18 bits per heavy atom. The number of benzene rings is 1. The van der Waals surface area contributed by atoms with Crippen molar-refractivity contribution in [2.75, 3.05) is 11.9 Å². The van der Waals surface area contributed by atoms with E-state index in [2.05, 4.69) is 10.6 Å². The highest BCUT2D eigenvalue weighted by molar-refractivity contribution is 6.03. The first-order valence-corrected chi connectivity index (χ1v) is 6.99. The zero-order valence-electron chi connectivity index (χ0n) is 12.4. The number of rotatable bonds is 5. The molecule has 0 bridgehead atoms. The SMILES string of the molecule is CC(CNC(=O)c1cccc2c1OC(C)C(=O)N2)CC(=O)O. The fourth-order valence-corrected chi connectivity index (χ4v) is 2.14. The molecule has 2 rings (SSSR count). The van der Waals surface area contributed by atoms with Crippen molar-refractivity contribution in [1.82, 2.24) is 5.32 Å². The Labute approximate surface area is 127 Å². The van der Waals surface area contributed by atoms with Crippen LogP contribution in [0.3, 0.4) is 0 Å². The molecule has 3 N–H and O–H groups in total. The summed E-state index contributed by atoms with van der Waals surface area (Å²) in [6.45, 7) is 3.59. The van der Waals surface area contributed by atoms with Gasteiger partial charge in [-0.3, -0.25) is 14.4 Å². The number of anilines is 1. The van der Waals surface area contributed by atoms with Crippen molar-refractivity contribution >= 4 is 23.5 Å². The number of para-hydroxylation sites is 1. The molecule has 118 valence electrons. The van der Waals surface area contributed by atoms with Gasteiger partial charge in [0.25, 0.3) is 11.8 Å². The van der Waals surface area contributed by atoms with Gasteiger partial charge in [-0.2, -0.15) is 0 Å². The summed E-state index contributed by atoms with van der Waals surface area (Å²) < 4.78 is 5.50. The summed E-state index contributed by atoms with van der Waals surface area (Å²) in [5.41, 5.74) is 0.765. The predicted molar refractivity (Wildman–Crippen MR) is 78.9 cm³/mol. The first-order chi connectivity index (χ1) is 10.4. The van der Waals surface area contributed by atoms with Gasteiger partial charge < -0.3 is 20.5 Å². The molecule has 2 atom stereocenters. The van der Waals surface area contributed by atoms with E-state index in [1.165, 1.54) is 0 Å². The average molecular weight is 306 g/mol. The highest BCUT2D eigenvalue weighted by atomic mass is 16.5. The van der Waals surface area contributed by atoms with Crippen LogP contribution in [0.2, 0.25) is 0 Å². The maximum Gasteiger partial charge on any atom is 0.303 e. The van der Waals surface area contributed by atoms with Crippen LogP contribution in [-0.4, -0.2) is 35.5 Å². The highest BCUT2D eigenvalue weighted by Gasteiger charge is 2.27. The Bertz CT molecular complexity index is 614. The molecule has 0 spiro atoms. The molecule has 0 saturated carbocycles. The molecule has 0 fully saturated rings. The van der Waals surface area contributed by atoms with Crippen LogP contribution in [0.1, 0.15) is 30.6 Å². The quantitative estimate of drug-likeness (QED) is 0.759. The van der Waals surface area contributed by atoms with Crippen molar-refractivity contribution in [3.8, 4) is 5.75 Å². The average Bonchev–Trinajstić information content (AvgIpc) is 2.44. The number of fused-ring (bicyclic) bond motifs is 1. The Balaban J connectivity index is 2.09. The third-order valence-corrected chi connectivity index (χ3v) is 3.32. The van der Waals surface area contributed by atoms with Gasteiger partial charge in [0.2, 0.25) is 0 Å². The van der Waals surface area contributed by atoms with Gasteiger partial charge in [0.1, 0.15) is 0 Å². The fraction of sp³-hybridized carbons (Fsp3) is 0.400. The Kier molecular flexibility index (Phi) is 4.65. The molecule has 1 heterocycles. The maximum atomic E-state index is 12.2. The minimum atomic E-state index is -0.904. The van der Waals surface area contributed by atoms with Gasteiger partial charge in [0, 0.05) is 13.0 Å². The predicted octanol–water partition coefficient (Wildman–Crippen LogP) is 1.25. The number of ether oxygens (including phenoxy) is 1. The Hall–Kier alpha value is -2.57. The largest absolute Gasteiger partial charge is 0.481 e. The molecule has 1 aromatic rings. The van der Waals surface area contributed by atoms with Crippen molar-refractivity contribution in [3.63, 3.8) is 0 Å². The number of hydrogen-bond donors (Lipinski definition) is 3. The van der Waals surface area contributed by atoms with E-state index in [4.69, 9.17) is 9.84 Å². The van der Waals surface area contributed by atoms with E-state index in [0.717, 1.165) is 0 Å².